The fourth-order valence-electron chi connectivity index (χ4n) is 2.09. The third-order valence-electron chi connectivity index (χ3n) is 3.24. The Bertz CT molecular complexity index is 356. The molecule has 0 saturated heterocycles. The average molecular weight is 252 g/mol. The summed E-state index contributed by atoms with van der Waals surface area (Å²) in [5, 5.41) is 9.15. The van der Waals surface area contributed by atoms with Crippen molar-refractivity contribution in [2.24, 2.45) is 5.41 Å². The molecule has 0 aromatic rings. The Morgan fingerprint density at radius 2 is 2.06 bits per heavy atom. The monoisotopic (exact) mass is 252 g/mol. The lowest BCUT2D eigenvalue weighted by molar-refractivity contribution is -0.153. The molecule has 18 heavy (non-hydrogen) atoms. The Hall–Kier alpha value is -1.57. The normalized spacial score (nSPS) is 16.3. The summed E-state index contributed by atoms with van der Waals surface area (Å²) in [6, 6.07) is 2.12. The van der Waals surface area contributed by atoms with Gasteiger partial charge in [-0.3, -0.25) is 9.59 Å². The van der Waals surface area contributed by atoms with Gasteiger partial charge in [0.15, 0.2) is 0 Å². The van der Waals surface area contributed by atoms with Crippen LogP contribution >= 0.6 is 0 Å². The van der Waals surface area contributed by atoms with Gasteiger partial charge < -0.3 is 9.64 Å². The molecule has 0 heterocycles. The second-order valence-corrected chi connectivity index (χ2v) is 4.58. The van der Waals surface area contributed by atoms with Gasteiger partial charge in [0.25, 0.3) is 0 Å². The Morgan fingerprint density at radius 1 is 1.39 bits per heavy atom. The summed E-state index contributed by atoms with van der Waals surface area (Å²) >= 11 is 0. The standard InChI is InChI=1S/C13H20N2O3/c1-3-8-15(9-11(16)18-4-2)12(17)13(10-14)6-5-7-13/h3-9H2,1-2H3. The molecule has 1 fully saturated rings. The molecule has 0 aromatic carbocycles. The fraction of sp³-hybridized carbons (Fsp3) is 0.769. The largest absolute Gasteiger partial charge is 0.465 e. The molecule has 0 aromatic heterocycles. The van der Waals surface area contributed by atoms with Gasteiger partial charge in [0, 0.05) is 6.54 Å². The van der Waals surface area contributed by atoms with Crippen LogP contribution in [-0.4, -0.2) is 36.5 Å². The van der Waals surface area contributed by atoms with Crippen LogP contribution in [0.15, 0.2) is 0 Å². The Kier molecular flexibility index (Phi) is 5.14. The quantitative estimate of drug-likeness (QED) is 0.671. The molecule has 0 N–H and O–H groups in total. The first-order chi connectivity index (χ1) is 8.59. The van der Waals surface area contributed by atoms with Crippen molar-refractivity contribution in [3.63, 3.8) is 0 Å². The molecule has 0 spiro atoms. The second-order valence-electron chi connectivity index (χ2n) is 4.58. The van der Waals surface area contributed by atoms with E-state index in [2.05, 4.69) is 6.07 Å². The molecular formula is C13H20N2O3. The zero-order valence-electron chi connectivity index (χ0n) is 11.1. The number of esters is 1. The molecule has 5 heteroatoms. The van der Waals surface area contributed by atoms with E-state index in [9.17, 15) is 9.59 Å². The van der Waals surface area contributed by atoms with Crippen LogP contribution in [-0.2, 0) is 14.3 Å². The van der Waals surface area contributed by atoms with Gasteiger partial charge in [-0.15, -0.1) is 0 Å². The van der Waals surface area contributed by atoms with E-state index in [0.717, 1.165) is 12.8 Å². The van der Waals surface area contributed by atoms with Crippen molar-refractivity contribution >= 4 is 11.9 Å². The lowest BCUT2D eigenvalue weighted by Gasteiger charge is -2.37. The molecule has 1 aliphatic rings. The summed E-state index contributed by atoms with van der Waals surface area (Å²) in [4.78, 5) is 25.2. The molecule has 100 valence electrons. The van der Waals surface area contributed by atoms with Crippen LogP contribution in [0.1, 0.15) is 39.5 Å². The van der Waals surface area contributed by atoms with E-state index in [1.54, 1.807) is 6.92 Å². The lowest BCUT2D eigenvalue weighted by atomic mass is 9.69. The van der Waals surface area contributed by atoms with E-state index in [1.165, 1.54) is 4.90 Å². The van der Waals surface area contributed by atoms with Crippen molar-refractivity contribution < 1.29 is 14.3 Å². The highest BCUT2D eigenvalue weighted by Crippen LogP contribution is 2.41. The minimum Gasteiger partial charge on any atom is -0.465 e. The molecule has 1 saturated carbocycles. The number of carbonyl (C=O) groups is 2. The van der Waals surface area contributed by atoms with E-state index >= 15 is 0 Å². The summed E-state index contributed by atoms with van der Waals surface area (Å²) < 4.78 is 4.85. The Morgan fingerprint density at radius 3 is 2.44 bits per heavy atom. The molecule has 0 aliphatic heterocycles. The van der Waals surface area contributed by atoms with Gasteiger partial charge in [0.2, 0.25) is 5.91 Å². The predicted molar refractivity (Wildman–Crippen MR) is 65.4 cm³/mol. The van der Waals surface area contributed by atoms with E-state index in [1.807, 2.05) is 6.92 Å². The van der Waals surface area contributed by atoms with E-state index < -0.39 is 11.4 Å². The zero-order valence-corrected chi connectivity index (χ0v) is 11.1. The van der Waals surface area contributed by atoms with Crippen molar-refractivity contribution in [1.29, 1.82) is 5.26 Å². The molecular weight excluding hydrogens is 232 g/mol. The Balaban J connectivity index is 2.69. The third kappa shape index (κ3) is 3.00. The minimum absolute atomic E-state index is 0.0516. The van der Waals surface area contributed by atoms with Gasteiger partial charge in [-0.05, 0) is 32.6 Å². The Labute approximate surface area is 108 Å². The number of ether oxygens (including phenoxy) is 1. The maximum atomic E-state index is 12.3. The van der Waals surface area contributed by atoms with Gasteiger partial charge in [0.05, 0.1) is 12.7 Å². The van der Waals surface area contributed by atoms with Gasteiger partial charge >= 0.3 is 5.97 Å². The van der Waals surface area contributed by atoms with Crippen molar-refractivity contribution in [3.8, 4) is 6.07 Å². The van der Waals surface area contributed by atoms with Gasteiger partial charge in [-0.1, -0.05) is 6.92 Å². The van der Waals surface area contributed by atoms with Gasteiger partial charge in [0.1, 0.15) is 12.0 Å². The van der Waals surface area contributed by atoms with E-state index in [0.29, 0.717) is 26.0 Å². The number of rotatable bonds is 6. The van der Waals surface area contributed by atoms with Crippen molar-refractivity contribution in [1.82, 2.24) is 4.90 Å². The number of nitrogens with zero attached hydrogens (tertiary/aromatic N) is 2. The van der Waals surface area contributed by atoms with E-state index in [4.69, 9.17) is 10.00 Å². The first kappa shape index (κ1) is 14.5. The van der Waals surface area contributed by atoms with Crippen LogP contribution in [0, 0.1) is 16.7 Å². The van der Waals surface area contributed by atoms with E-state index in [-0.39, 0.29) is 12.5 Å². The highest BCUT2D eigenvalue weighted by atomic mass is 16.5. The van der Waals surface area contributed by atoms with Crippen molar-refractivity contribution in [2.45, 2.75) is 39.5 Å². The molecule has 1 rings (SSSR count). The summed E-state index contributed by atoms with van der Waals surface area (Å²) in [7, 11) is 0. The van der Waals surface area contributed by atoms with Crippen molar-refractivity contribution in [3.05, 3.63) is 0 Å². The van der Waals surface area contributed by atoms with Crippen LogP contribution in [0.4, 0.5) is 0 Å². The third-order valence-corrected chi connectivity index (χ3v) is 3.24. The summed E-state index contributed by atoms with van der Waals surface area (Å²) in [6.45, 7) is 4.40. The number of carbonyl (C=O) groups excluding carboxylic acids is 2. The first-order valence-corrected chi connectivity index (χ1v) is 6.46. The molecule has 1 aliphatic carbocycles. The lowest BCUT2D eigenvalue weighted by Crippen LogP contribution is -2.49. The predicted octanol–water partition coefficient (Wildman–Crippen LogP) is 1.48. The number of amides is 1. The zero-order chi connectivity index (χ0) is 13.6. The highest BCUT2D eigenvalue weighted by Gasteiger charge is 2.47. The smallest absolute Gasteiger partial charge is 0.325 e. The molecule has 0 radical (unpaired) electrons. The summed E-state index contributed by atoms with van der Waals surface area (Å²) in [5.41, 5.74) is -0.887. The average Bonchev–Trinajstić information content (AvgIpc) is 2.28. The highest BCUT2D eigenvalue weighted by molar-refractivity contribution is 5.89. The molecule has 0 bridgehead atoms. The SMILES string of the molecule is CCCN(CC(=O)OCC)C(=O)C1(C#N)CCC1. The first-order valence-electron chi connectivity index (χ1n) is 6.46. The molecule has 0 unspecified atom stereocenters. The van der Waals surface area contributed by atoms with Crippen LogP contribution in [0.25, 0.3) is 0 Å². The van der Waals surface area contributed by atoms with Crippen LogP contribution in [0.3, 0.4) is 0 Å². The number of nitriles is 1. The van der Waals surface area contributed by atoms with Crippen LogP contribution < -0.4 is 0 Å². The van der Waals surface area contributed by atoms with Gasteiger partial charge in [-0.2, -0.15) is 5.26 Å². The second kappa shape index (κ2) is 6.39. The maximum Gasteiger partial charge on any atom is 0.325 e. The van der Waals surface area contributed by atoms with Gasteiger partial charge in [-0.25, -0.2) is 0 Å². The summed E-state index contributed by atoms with van der Waals surface area (Å²) in [5.74, 6) is -0.627. The van der Waals surface area contributed by atoms with Crippen molar-refractivity contribution in [2.75, 3.05) is 19.7 Å². The number of hydrogen-bond acceptors (Lipinski definition) is 4. The van der Waals surface area contributed by atoms with Crippen LogP contribution in [0.5, 0.6) is 0 Å². The molecule has 1 amide bonds. The minimum atomic E-state index is -0.887. The number of hydrogen-bond donors (Lipinski definition) is 0. The van der Waals surface area contributed by atoms with Crippen LogP contribution in [0.2, 0.25) is 0 Å². The fourth-order valence-corrected chi connectivity index (χ4v) is 2.09. The molecule has 5 nitrogen and oxygen atoms in total. The summed E-state index contributed by atoms with van der Waals surface area (Å²) in [6.07, 6.45) is 2.86. The molecule has 0 atom stereocenters. The maximum absolute atomic E-state index is 12.3. The topological polar surface area (TPSA) is 70.4 Å².